The molecule has 1 saturated heterocycles. The summed E-state index contributed by atoms with van der Waals surface area (Å²) in [4.78, 5) is 14.3. The molecule has 26 heavy (non-hydrogen) atoms. The first-order valence-electron chi connectivity index (χ1n) is 8.42. The summed E-state index contributed by atoms with van der Waals surface area (Å²) in [5.74, 6) is -0.0996. The van der Waals surface area contributed by atoms with Gasteiger partial charge in [-0.05, 0) is 19.1 Å². The quantitative estimate of drug-likeness (QED) is 0.828. The van der Waals surface area contributed by atoms with Gasteiger partial charge in [-0.25, -0.2) is 8.42 Å². The van der Waals surface area contributed by atoms with Crippen molar-refractivity contribution in [3.05, 3.63) is 42.2 Å². The van der Waals surface area contributed by atoms with Gasteiger partial charge in [0.1, 0.15) is 4.90 Å². The van der Waals surface area contributed by atoms with Crippen LogP contribution in [0.3, 0.4) is 0 Å². The van der Waals surface area contributed by atoms with Crippen molar-refractivity contribution in [1.82, 2.24) is 19.0 Å². The van der Waals surface area contributed by atoms with Gasteiger partial charge in [0.05, 0.1) is 12.7 Å². The molecule has 0 spiro atoms. The maximum Gasteiger partial charge on any atom is 0.246 e. The normalized spacial score (nSPS) is 16.5. The van der Waals surface area contributed by atoms with Gasteiger partial charge in [-0.3, -0.25) is 14.4 Å². The Labute approximate surface area is 153 Å². The highest BCUT2D eigenvalue weighted by Gasteiger charge is 2.29. The van der Waals surface area contributed by atoms with Gasteiger partial charge in [-0.2, -0.15) is 9.40 Å². The molecule has 1 aliphatic heterocycles. The van der Waals surface area contributed by atoms with E-state index in [2.05, 4.69) is 10.4 Å². The van der Waals surface area contributed by atoms with Crippen LogP contribution in [0.15, 0.2) is 41.6 Å². The molecular formula is C17H23N5O3S. The number of piperazine rings is 1. The molecule has 8 nitrogen and oxygen atoms in total. The molecule has 1 aromatic carbocycles. The third-order valence-electron chi connectivity index (χ3n) is 4.35. The Hall–Kier alpha value is -2.23. The van der Waals surface area contributed by atoms with Crippen LogP contribution in [0, 0.1) is 6.92 Å². The zero-order valence-electron chi connectivity index (χ0n) is 14.9. The molecule has 1 fully saturated rings. The smallest absolute Gasteiger partial charge is 0.246 e. The molecule has 140 valence electrons. The Kier molecular flexibility index (Phi) is 5.40. The first-order chi connectivity index (χ1) is 12.3. The first kappa shape index (κ1) is 18.6. The fourth-order valence-corrected chi connectivity index (χ4v) is 4.26. The molecule has 0 bridgehead atoms. The van der Waals surface area contributed by atoms with Crippen molar-refractivity contribution in [3.63, 3.8) is 0 Å². The highest BCUT2D eigenvalue weighted by atomic mass is 32.2. The molecular weight excluding hydrogens is 354 g/mol. The number of anilines is 1. The van der Waals surface area contributed by atoms with E-state index in [1.165, 1.54) is 21.4 Å². The van der Waals surface area contributed by atoms with E-state index in [9.17, 15) is 13.2 Å². The molecule has 0 saturated carbocycles. The molecule has 0 aliphatic carbocycles. The Bertz CT molecular complexity index is 868. The maximum atomic E-state index is 12.6. The Morgan fingerprint density at radius 1 is 1.15 bits per heavy atom. The first-order valence-corrected chi connectivity index (χ1v) is 9.86. The van der Waals surface area contributed by atoms with Crippen LogP contribution in [0.1, 0.15) is 5.56 Å². The summed E-state index contributed by atoms with van der Waals surface area (Å²) >= 11 is 0. The van der Waals surface area contributed by atoms with Crippen LogP contribution < -0.4 is 5.32 Å². The van der Waals surface area contributed by atoms with Gasteiger partial charge in [0.15, 0.2) is 0 Å². The minimum atomic E-state index is -3.52. The van der Waals surface area contributed by atoms with Crippen molar-refractivity contribution in [1.29, 1.82) is 0 Å². The molecule has 1 N–H and O–H groups in total. The van der Waals surface area contributed by atoms with Crippen LogP contribution in [0.2, 0.25) is 0 Å². The largest absolute Gasteiger partial charge is 0.325 e. The third-order valence-corrected chi connectivity index (χ3v) is 6.20. The number of hydrogen-bond acceptors (Lipinski definition) is 5. The molecule has 2 aromatic rings. The Balaban J connectivity index is 1.52. The van der Waals surface area contributed by atoms with Crippen LogP contribution in [0.4, 0.5) is 5.69 Å². The minimum Gasteiger partial charge on any atom is -0.325 e. The van der Waals surface area contributed by atoms with Crippen LogP contribution in [0.5, 0.6) is 0 Å². The highest BCUT2D eigenvalue weighted by Crippen LogP contribution is 2.17. The van der Waals surface area contributed by atoms with Crippen molar-refractivity contribution >= 4 is 21.6 Å². The number of rotatable bonds is 5. The van der Waals surface area contributed by atoms with E-state index in [0.29, 0.717) is 26.2 Å². The van der Waals surface area contributed by atoms with Crippen LogP contribution in [0.25, 0.3) is 0 Å². The van der Waals surface area contributed by atoms with Crippen molar-refractivity contribution in [2.45, 2.75) is 11.8 Å². The molecule has 1 aliphatic rings. The van der Waals surface area contributed by atoms with Crippen LogP contribution in [-0.2, 0) is 21.9 Å². The lowest BCUT2D eigenvalue weighted by Gasteiger charge is -2.33. The number of hydrogen-bond donors (Lipinski definition) is 1. The lowest BCUT2D eigenvalue weighted by molar-refractivity contribution is -0.117. The number of benzene rings is 1. The number of carbonyl (C=O) groups excluding carboxylic acids is 1. The predicted molar refractivity (Wildman–Crippen MR) is 98.2 cm³/mol. The molecule has 2 heterocycles. The molecule has 1 amide bonds. The van der Waals surface area contributed by atoms with Gasteiger partial charge in [-0.1, -0.05) is 17.7 Å². The third kappa shape index (κ3) is 4.29. The monoisotopic (exact) mass is 377 g/mol. The summed E-state index contributed by atoms with van der Waals surface area (Å²) in [6, 6.07) is 7.62. The van der Waals surface area contributed by atoms with E-state index >= 15 is 0 Å². The molecule has 0 atom stereocenters. The van der Waals surface area contributed by atoms with Crippen molar-refractivity contribution in [2.75, 3.05) is 38.0 Å². The number of sulfonamides is 1. The summed E-state index contributed by atoms with van der Waals surface area (Å²) in [5, 5.41) is 6.79. The zero-order chi connectivity index (χ0) is 18.7. The van der Waals surface area contributed by atoms with E-state index in [1.54, 1.807) is 7.05 Å². The fourth-order valence-electron chi connectivity index (χ4n) is 2.85. The summed E-state index contributed by atoms with van der Waals surface area (Å²) in [5.41, 5.74) is 1.90. The average molecular weight is 377 g/mol. The second-order valence-corrected chi connectivity index (χ2v) is 8.38. The van der Waals surface area contributed by atoms with Crippen molar-refractivity contribution < 1.29 is 13.2 Å². The van der Waals surface area contributed by atoms with E-state index < -0.39 is 10.0 Å². The van der Waals surface area contributed by atoms with Crippen molar-refractivity contribution in [3.8, 4) is 0 Å². The van der Waals surface area contributed by atoms with E-state index in [4.69, 9.17) is 0 Å². The summed E-state index contributed by atoms with van der Waals surface area (Å²) in [7, 11) is -1.84. The molecule has 3 rings (SSSR count). The zero-order valence-corrected chi connectivity index (χ0v) is 15.7. The number of amides is 1. The van der Waals surface area contributed by atoms with E-state index in [-0.39, 0.29) is 17.3 Å². The Morgan fingerprint density at radius 3 is 2.38 bits per heavy atom. The lowest BCUT2D eigenvalue weighted by Crippen LogP contribution is -2.50. The molecule has 0 radical (unpaired) electrons. The maximum absolute atomic E-state index is 12.6. The summed E-state index contributed by atoms with van der Waals surface area (Å²) in [6.07, 6.45) is 2.85. The van der Waals surface area contributed by atoms with E-state index in [0.717, 1.165) is 11.3 Å². The molecule has 0 unspecified atom stereocenters. The minimum absolute atomic E-state index is 0.0996. The molecule has 9 heteroatoms. The van der Waals surface area contributed by atoms with Gasteiger partial charge >= 0.3 is 0 Å². The average Bonchev–Trinajstić information content (AvgIpc) is 3.05. The number of aromatic nitrogens is 2. The van der Waals surface area contributed by atoms with Crippen LogP contribution >= 0.6 is 0 Å². The topological polar surface area (TPSA) is 87.5 Å². The van der Waals surface area contributed by atoms with Gasteiger partial charge in [-0.15, -0.1) is 0 Å². The van der Waals surface area contributed by atoms with Gasteiger partial charge in [0.2, 0.25) is 15.9 Å². The second-order valence-electron chi connectivity index (χ2n) is 6.44. The number of nitrogens with zero attached hydrogens (tertiary/aromatic N) is 4. The van der Waals surface area contributed by atoms with Crippen LogP contribution in [-0.4, -0.2) is 66.0 Å². The fraction of sp³-hybridized carbons (Fsp3) is 0.412. The summed E-state index contributed by atoms with van der Waals surface area (Å²) < 4.78 is 28.1. The number of carbonyl (C=O) groups is 1. The van der Waals surface area contributed by atoms with Crippen molar-refractivity contribution in [2.24, 2.45) is 7.05 Å². The SMILES string of the molecule is Cc1ccc(NC(=O)CN2CCN(S(=O)(=O)c3cnn(C)c3)CC2)cc1. The highest BCUT2D eigenvalue weighted by molar-refractivity contribution is 7.89. The van der Waals surface area contributed by atoms with Gasteiger partial charge < -0.3 is 5.32 Å². The van der Waals surface area contributed by atoms with E-state index in [1.807, 2.05) is 36.1 Å². The second kappa shape index (κ2) is 7.56. The standard InChI is InChI=1S/C17H23N5O3S/c1-14-3-5-15(6-4-14)19-17(23)13-21-7-9-22(10-8-21)26(24,25)16-11-18-20(2)12-16/h3-6,11-12H,7-10,13H2,1-2H3,(H,19,23). The number of aryl methyl sites for hydroxylation is 2. The van der Waals surface area contributed by atoms with Gasteiger partial charge in [0, 0.05) is 45.1 Å². The predicted octanol–water partition coefficient (Wildman–Crippen LogP) is 0.674. The molecule has 1 aromatic heterocycles. The Morgan fingerprint density at radius 2 is 1.81 bits per heavy atom. The lowest BCUT2D eigenvalue weighted by atomic mass is 10.2. The van der Waals surface area contributed by atoms with Gasteiger partial charge in [0.25, 0.3) is 0 Å². The number of nitrogens with one attached hydrogen (secondary N) is 1. The summed E-state index contributed by atoms with van der Waals surface area (Å²) in [6.45, 7) is 3.98.